The van der Waals surface area contributed by atoms with Crippen molar-refractivity contribution in [2.45, 2.75) is 70.6 Å². The molecule has 0 spiro atoms. The number of carbonyl (C=O) groups excluding carboxylic acids is 1. The third kappa shape index (κ3) is 3.14. The third-order valence-electron chi connectivity index (χ3n) is 4.54. The van der Waals surface area contributed by atoms with Gasteiger partial charge in [-0.1, -0.05) is 0 Å². The molecule has 2 N–H and O–H groups in total. The van der Waals surface area contributed by atoms with Crippen molar-refractivity contribution in [1.82, 2.24) is 5.32 Å². The lowest BCUT2D eigenvalue weighted by molar-refractivity contribution is -0.141. The molecule has 114 valence electrons. The van der Waals surface area contributed by atoms with Gasteiger partial charge in [0.2, 0.25) is 5.91 Å². The maximum Gasteiger partial charge on any atom is 0.306 e. The first-order valence-electron chi connectivity index (χ1n) is 7.34. The van der Waals surface area contributed by atoms with E-state index in [-0.39, 0.29) is 35.0 Å². The summed E-state index contributed by atoms with van der Waals surface area (Å²) in [5.74, 6) is -1.34. The van der Waals surface area contributed by atoms with Crippen LogP contribution in [0, 0.1) is 11.8 Å². The van der Waals surface area contributed by atoms with E-state index in [9.17, 15) is 9.59 Å². The van der Waals surface area contributed by atoms with Crippen molar-refractivity contribution in [2.75, 3.05) is 0 Å². The Balaban J connectivity index is 1.94. The van der Waals surface area contributed by atoms with E-state index < -0.39 is 5.97 Å². The van der Waals surface area contributed by atoms with Crippen LogP contribution >= 0.6 is 0 Å². The van der Waals surface area contributed by atoms with E-state index >= 15 is 0 Å². The van der Waals surface area contributed by atoms with Crippen molar-refractivity contribution in [2.24, 2.45) is 11.8 Å². The largest absolute Gasteiger partial charge is 0.481 e. The first-order valence-corrected chi connectivity index (χ1v) is 7.34. The lowest BCUT2D eigenvalue weighted by atomic mass is 9.93. The predicted molar refractivity (Wildman–Crippen MR) is 74.3 cm³/mol. The van der Waals surface area contributed by atoms with E-state index in [0.717, 1.165) is 6.42 Å². The number of carbonyl (C=O) groups is 2. The molecule has 2 aliphatic rings. The van der Waals surface area contributed by atoms with Crippen molar-refractivity contribution in [1.29, 1.82) is 0 Å². The molecular weight excluding hydrogens is 258 g/mol. The van der Waals surface area contributed by atoms with Crippen LogP contribution in [0.2, 0.25) is 0 Å². The molecule has 1 saturated heterocycles. The molecule has 1 saturated carbocycles. The Kier molecular flexibility index (Phi) is 3.84. The summed E-state index contributed by atoms with van der Waals surface area (Å²) in [6, 6.07) is -0.0196. The van der Waals surface area contributed by atoms with Crippen LogP contribution in [0.25, 0.3) is 0 Å². The molecule has 0 bridgehead atoms. The molecule has 0 aromatic rings. The zero-order valence-corrected chi connectivity index (χ0v) is 12.7. The van der Waals surface area contributed by atoms with Gasteiger partial charge in [-0.05, 0) is 53.4 Å². The van der Waals surface area contributed by atoms with Gasteiger partial charge in [0.05, 0.1) is 23.2 Å². The number of ether oxygens (including phenoxy) is 1. The molecule has 1 heterocycles. The standard InChI is InChI=1S/C15H25NO4/c1-14(2)8-11(15(3,4)20-14)16-12(17)9-5-6-10(7-9)13(18)19/h9-11H,5-8H2,1-4H3,(H,16,17)(H,18,19)/t9-,10+,11?/m1/s1. The van der Waals surface area contributed by atoms with Crippen molar-refractivity contribution in [3.05, 3.63) is 0 Å². The second-order valence-electron chi connectivity index (χ2n) is 7.28. The average molecular weight is 283 g/mol. The van der Waals surface area contributed by atoms with Gasteiger partial charge in [-0.3, -0.25) is 9.59 Å². The molecule has 3 atom stereocenters. The highest BCUT2D eigenvalue weighted by atomic mass is 16.5. The van der Waals surface area contributed by atoms with Crippen LogP contribution in [0.5, 0.6) is 0 Å². The van der Waals surface area contributed by atoms with Crippen LogP contribution in [0.3, 0.4) is 0 Å². The minimum absolute atomic E-state index is 0.0196. The van der Waals surface area contributed by atoms with Crippen LogP contribution in [0.1, 0.15) is 53.4 Å². The van der Waals surface area contributed by atoms with Gasteiger partial charge in [-0.25, -0.2) is 0 Å². The fraction of sp³-hybridized carbons (Fsp3) is 0.867. The van der Waals surface area contributed by atoms with E-state index in [1.165, 1.54) is 0 Å². The molecular formula is C15H25NO4. The van der Waals surface area contributed by atoms with Crippen LogP contribution < -0.4 is 5.32 Å². The molecule has 1 amide bonds. The van der Waals surface area contributed by atoms with E-state index in [2.05, 4.69) is 5.32 Å². The Morgan fingerprint density at radius 2 is 1.75 bits per heavy atom. The first-order chi connectivity index (χ1) is 9.11. The molecule has 1 aliphatic heterocycles. The fourth-order valence-electron chi connectivity index (χ4n) is 3.52. The number of hydrogen-bond acceptors (Lipinski definition) is 3. The topological polar surface area (TPSA) is 75.6 Å². The third-order valence-corrected chi connectivity index (χ3v) is 4.54. The van der Waals surface area contributed by atoms with E-state index in [0.29, 0.717) is 19.3 Å². The summed E-state index contributed by atoms with van der Waals surface area (Å²) < 4.78 is 5.96. The van der Waals surface area contributed by atoms with Crippen molar-refractivity contribution < 1.29 is 19.4 Å². The summed E-state index contributed by atoms with van der Waals surface area (Å²) in [6.07, 6.45) is 2.50. The number of carboxylic acids is 1. The zero-order chi connectivity index (χ0) is 15.1. The summed E-state index contributed by atoms with van der Waals surface area (Å²) in [6.45, 7) is 8.02. The molecule has 0 aromatic heterocycles. The Bertz CT molecular complexity index is 416. The maximum atomic E-state index is 12.3. The fourth-order valence-corrected chi connectivity index (χ4v) is 3.52. The van der Waals surface area contributed by atoms with Crippen molar-refractivity contribution in [3.63, 3.8) is 0 Å². The van der Waals surface area contributed by atoms with Gasteiger partial charge in [0.25, 0.3) is 0 Å². The average Bonchev–Trinajstić information content (AvgIpc) is 2.81. The summed E-state index contributed by atoms with van der Waals surface area (Å²) in [5.41, 5.74) is -0.620. The second-order valence-corrected chi connectivity index (χ2v) is 7.28. The van der Waals surface area contributed by atoms with Crippen molar-refractivity contribution >= 4 is 11.9 Å². The molecule has 1 unspecified atom stereocenters. The molecule has 2 fully saturated rings. The summed E-state index contributed by atoms with van der Waals surface area (Å²) in [5, 5.41) is 12.1. The van der Waals surface area contributed by atoms with Gasteiger partial charge < -0.3 is 15.2 Å². The van der Waals surface area contributed by atoms with Crippen LogP contribution in [-0.2, 0) is 14.3 Å². The lowest BCUT2D eigenvalue weighted by Crippen LogP contribution is -2.47. The summed E-state index contributed by atoms with van der Waals surface area (Å²) in [4.78, 5) is 23.3. The molecule has 2 rings (SSSR count). The summed E-state index contributed by atoms with van der Waals surface area (Å²) in [7, 11) is 0. The van der Waals surface area contributed by atoms with E-state index in [4.69, 9.17) is 9.84 Å². The van der Waals surface area contributed by atoms with Gasteiger partial charge >= 0.3 is 5.97 Å². The number of aliphatic carboxylic acids is 1. The zero-order valence-electron chi connectivity index (χ0n) is 12.7. The molecule has 20 heavy (non-hydrogen) atoms. The monoisotopic (exact) mass is 283 g/mol. The Morgan fingerprint density at radius 1 is 1.15 bits per heavy atom. The smallest absolute Gasteiger partial charge is 0.306 e. The molecule has 1 aliphatic carbocycles. The van der Waals surface area contributed by atoms with Gasteiger partial charge in [-0.2, -0.15) is 0 Å². The Morgan fingerprint density at radius 3 is 2.20 bits per heavy atom. The van der Waals surface area contributed by atoms with Crippen LogP contribution in [0.4, 0.5) is 0 Å². The first kappa shape index (κ1) is 15.3. The number of nitrogens with one attached hydrogen (secondary N) is 1. The van der Waals surface area contributed by atoms with Gasteiger partial charge in [-0.15, -0.1) is 0 Å². The number of rotatable bonds is 3. The lowest BCUT2D eigenvalue weighted by Gasteiger charge is -2.28. The SMILES string of the molecule is CC1(C)CC(NC(=O)[C@@H]2CC[C@H](C(=O)O)C2)C(C)(C)O1. The second kappa shape index (κ2) is 5.02. The maximum absolute atomic E-state index is 12.3. The Labute approximate surface area is 120 Å². The summed E-state index contributed by atoms with van der Waals surface area (Å²) >= 11 is 0. The highest BCUT2D eigenvalue weighted by Gasteiger charge is 2.47. The predicted octanol–water partition coefficient (Wildman–Crippen LogP) is 1.95. The molecule has 0 aromatic carbocycles. The van der Waals surface area contributed by atoms with Crippen LogP contribution in [-0.4, -0.2) is 34.2 Å². The minimum atomic E-state index is -0.786. The number of hydrogen-bond donors (Lipinski definition) is 2. The molecule has 5 nitrogen and oxygen atoms in total. The minimum Gasteiger partial charge on any atom is -0.481 e. The highest BCUT2D eigenvalue weighted by molar-refractivity contribution is 5.81. The highest BCUT2D eigenvalue weighted by Crippen LogP contribution is 2.38. The van der Waals surface area contributed by atoms with Crippen LogP contribution in [0.15, 0.2) is 0 Å². The van der Waals surface area contributed by atoms with Crippen molar-refractivity contribution in [3.8, 4) is 0 Å². The quantitative estimate of drug-likeness (QED) is 0.830. The van der Waals surface area contributed by atoms with Gasteiger partial charge in [0, 0.05) is 5.92 Å². The molecule has 0 radical (unpaired) electrons. The van der Waals surface area contributed by atoms with Gasteiger partial charge in [0.1, 0.15) is 0 Å². The van der Waals surface area contributed by atoms with Gasteiger partial charge in [0.15, 0.2) is 0 Å². The Hall–Kier alpha value is -1.10. The van der Waals surface area contributed by atoms with E-state index in [1.807, 2.05) is 27.7 Å². The number of amides is 1. The molecule has 5 heteroatoms. The number of carboxylic acid groups (broad SMARTS) is 1. The normalized spacial score (nSPS) is 34.9. The van der Waals surface area contributed by atoms with E-state index in [1.54, 1.807) is 0 Å².